The SMILES string of the molecule is CN(C)c1cc(CCc2nc(-c3ccc(F)cc3)cs2)c(O)c2c1C[C@H]1C[C@H]3CC(=O)C(C(N)=O)=C(O)[C@@]3(O)C(=O)C1=C2O. The number of rotatable bonds is 6. The highest BCUT2D eigenvalue weighted by Gasteiger charge is 2.60. The van der Waals surface area contributed by atoms with Crippen LogP contribution in [-0.2, 0) is 33.6 Å². The number of anilines is 1. The normalized spacial score (nSPS) is 22.9. The fourth-order valence-electron chi connectivity index (χ4n) is 6.73. The summed E-state index contributed by atoms with van der Waals surface area (Å²) in [5.41, 5.74) is 5.02. The van der Waals surface area contributed by atoms with Gasteiger partial charge < -0.3 is 31.1 Å². The van der Waals surface area contributed by atoms with E-state index in [1.807, 2.05) is 30.4 Å². The highest BCUT2D eigenvalue weighted by molar-refractivity contribution is 7.09. The van der Waals surface area contributed by atoms with E-state index >= 15 is 0 Å². The minimum Gasteiger partial charge on any atom is -0.508 e. The van der Waals surface area contributed by atoms with Crippen molar-refractivity contribution in [3.05, 3.63) is 80.1 Å². The second-order valence-electron chi connectivity index (χ2n) is 11.7. The third kappa shape index (κ3) is 4.47. The summed E-state index contributed by atoms with van der Waals surface area (Å²) in [7, 11) is 3.64. The van der Waals surface area contributed by atoms with Gasteiger partial charge in [-0.05, 0) is 66.6 Å². The van der Waals surface area contributed by atoms with E-state index in [4.69, 9.17) is 5.73 Å². The molecule has 1 saturated carbocycles. The van der Waals surface area contributed by atoms with E-state index < -0.39 is 52.0 Å². The second-order valence-corrected chi connectivity index (χ2v) is 12.6. The largest absolute Gasteiger partial charge is 0.508 e. The molecule has 2 aromatic carbocycles. The summed E-state index contributed by atoms with van der Waals surface area (Å²) in [5.74, 6) is -6.86. The van der Waals surface area contributed by atoms with Gasteiger partial charge in [0.25, 0.3) is 5.91 Å². The number of phenolic OH excluding ortho intramolecular Hbond substituents is 1. The molecule has 1 fully saturated rings. The Bertz CT molecular complexity index is 1810. The predicted molar refractivity (Wildman–Crippen MR) is 161 cm³/mol. The van der Waals surface area contributed by atoms with Crippen LogP contribution in [0.3, 0.4) is 0 Å². The van der Waals surface area contributed by atoms with Crippen molar-refractivity contribution >= 4 is 40.3 Å². The molecule has 44 heavy (non-hydrogen) atoms. The van der Waals surface area contributed by atoms with E-state index in [9.17, 15) is 39.2 Å². The maximum Gasteiger partial charge on any atom is 0.255 e. The van der Waals surface area contributed by atoms with Gasteiger partial charge >= 0.3 is 0 Å². The minimum atomic E-state index is -2.61. The van der Waals surface area contributed by atoms with Crippen LogP contribution in [0.25, 0.3) is 17.0 Å². The number of fused-ring (bicyclic) bond motifs is 3. The molecule has 12 heteroatoms. The van der Waals surface area contributed by atoms with Crippen LogP contribution >= 0.6 is 11.3 Å². The van der Waals surface area contributed by atoms with E-state index in [1.54, 1.807) is 12.1 Å². The lowest BCUT2D eigenvalue weighted by Crippen LogP contribution is -2.58. The molecule has 1 aromatic heterocycles. The Morgan fingerprint density at radius 2 is 1.84 bits per heavy atom. The fourth-order valence-corrected chi connectivity index (χ4v) is 7.54. The van der Waals surface area contributed by atoms with Gasteiger partial charge in [-0.25, -0.2) is 9.37 Å². The van der Waals surface area contributed by atoms with Crippen molar-refractivity contribution in [1.29, 1.82) is 0 Å². The standard InChI is InChI=1S/C32H30FN3O7S/c1-36(2)21-11-15(5-8-23-35-20(13-44-23)14-3-6-18(33)7-4-14)27(38)25-19(21)10-16-9-17-12-22(37)26(31(34)42)30(41)32(17,43)29(40)24(16)28(25)39/h3-4,6-7,11,13,16-17,38-39,41,43H,5,8-10,12H2,1-2H3,(H2,34,42)/t16-,17+,32+/m1/s1. The second kappa shape index (κ2) is 10.6. The number of Topliss-reactive ketones (excluding diaryl/α,β-unsaturated/α-hetero) is 2. The number of aryl methyl sites for hydroxylation is 2. The molecule has 0 unspecified atom stereocenters. The maximum atomic E-state index is 13.8. The number of primary amides is 1. The number of amides is 1. The number of ketones is 2. The number of aliphatic hydroxyl groups excluding tert-OH is 2. The average molecular weight is 620 g/mol. The minimum absolute atomic E-state index is 0.0597. The lowest BCUT2D eigenvalue weighted by atomic mass is 9.59. The van der Waals surface area contributed by atoms with Crippen LogP contribution in [0, 0.1) is 17.7 Å². The molecule has 1 heterocycles. The number of hydrogen-bond acceptors (Lipinski definition) is 10. The van der Waals surface area contributed by atoms with Gasteiger partial charge in [-0.3, -0.25) is 14.4 Å². The number of phenols is 1. The topological polar surface area (TPSA) is 174 Å². The van der Waals surface area contributed by atoms with Crippen LogP contribution in [-0.4, -0.2) is 62.6 Å². The Kier molecular flexibility index (Phi) is 7.09. The lowest BCUT2D eigenvalue weighted by molar-refractivity contribution is -0.147. The summed E-state index contributed by atoms with van der Waals surface area (Å²) in [6, 6.07) is 7.87. The van der Waals surface area contributed by atoms with Crippen molar-refractivity contribution in [2.45, 2.75) is 37.7 Å². The van der Waals surface area contributed by atoms with E-state index in [0.717, 1.165) is 16.3 Å². The summed E-state index contributed by atoms with van der Waals surface area (Å²) in [4.78, 5) is 44.8. The molecule has 0 aliphatic heterocycles. The van der Waals surface area contributed by atoms with E-state index in [0.29, 0.717) is 29.7 Å². The van der Waals surface area contributed by atoms with Gasteiger partial charge in [0.05, 0.1) is 16.3 Å². The Morgan fingerprint density at radius 1 is 1.14 bits per heavy atom. The fraction of sp³-hybridized carbons (Fsp3) is 0.312. The van der Waals surface area contributed by atoms with Crippen molar-refractivity contribution in [1.82, 2.24) is 4.98 Å². The summed E-state index contributed by atoms with van der Waals surface area (Å²) >= 11 is 1.43. The van der Waals surface area contributed by atoms with Crippen LogP contribution < -0.4 is 10.6 Å². The molecule has 0 bridgehead atoms. The lowest BCUT2D eigenvalue weighted by Gasteiger charge is -2.46. The van der Waals surface area contributed by atoms with Crippen LogP contribution in [0.1, 0.15) is 34.5 Å². The van der Waals surface area contributed by atoms with Gasteiger partial charge in [-0.2, -0.15) is 0 Å². The number of nitrogens with two attached hydrogens (primary N) is 1. The summed E-state index contributed by atoms with van der Waals surface area (Å²) in [6.45, 7) is 0. The van der Waals surface area contributed by atoms with Gasteiger partial charge in [-0.1, -0.05) is 0 Å². The van der Waals surface area contributed by atoms with Crippen LogP contribution in [0.4, 0.5) is 10.1 Å². The van der Waals surface area contributed by atoms with Gasteiger partial charge in [0.15, 0.2) is 11.4 Å². The Balaban J connectivity index is 1.38. The molecule has 10 nitrogen and oxygen atoms in total. The zero-order valence-electron chi connectivity index (χ0n) is 23.9. The number of aromatic nitrogens is 1. The maximum absolute atomic E-state index is 13.8. The van der Waals surface area contributed by atoms with Crippen molar-refractivity contribution in [2.75, 3.05) is 19.0 Å². The number of nitrogens with zero attached hydrogens (tertiary/aromatic N) is 2. The molecule has 228 valence electrons. The smallest absolute Gasteiger partial charge is 0.255 e. The van der Waals surface area contributed by atoms with Crippen LogP contribution in [0.2, 0.25) is 0 Å². The predicted octanol–water partition coefficient (Wildman–Crippen LogP) is 3.54. The molecule has 0 radical (unpaired) electrons. The first-order valence-corrected chi connectivity index (χ1v) is 14.9. The molecule has 3 aliphatic carbocycles. The summed E-state index contributed by atoms with van der Waals surface area (Å²) in [5, 5.41) is 48.0. The van der Waals surface area contributed by atoms with Gasteiger partial charge in [0.1, 0.15) is 28.7 Å². The molecule has 3 aromatic rings. The van der Waals surface area contributed by atoms with Gasteiger partial charge in [0.2, 0.25) is 5.78 Å². The molecule has 6 N–H and O–H groups in total. The molecule has 3 aliphatic rings. The van der Waals surface area contributed by atoms with Crippen LogP contribution in [0.5, 0.6) is 5.75 Å². The van der Waals surface area contributed by atoms with Gasteiger partial charge in [-0.15, -0.1) is 11.3 Å². The van der Waals surface area contributed by atoms with E-state index in [1.165, 1.54) is 23.5 Å². The molecular weight excluding hydrogens is 589 g/mol. The first kappa shape index (κ1) is 29.5. The number of benzene rings is 2. The van der Waals surface area contributed by atoms with Crippen molar-refractivity contribution < 1.29 is 39.2 Å². The zero-order chi connectivity index (χ0) is 31.7. The number of halogens is 1. The number of aromatic hydroxyl groups is 1. The van der Waals surface area contributed by atoms with Crippen LogP contribution in [0.15, 0.2) is 52.6 Å². The Labute approximate surface area is 255 Å². The number of carbonyl (C=O) groups excluding carboxylic acids is 3. The number of thiazole rings is 1. The van der Waals surface area contributed by atoms with E-state index in [-0.39, 0.29) is 42.0 Å². The van der Waals surface area contributed by atoms with Crippen molar-refractivity contribution in [3.8, 4) is 17.0 Å². The first-order chi connectivity index (χ1) is 20.8. The Morgan fingerprint density at radius 3 is 2.50 bits per heavy atom. The van der Waals surface area contributed by atoms with E-state index in [2.05, 4.69) is 4.98 Å². The molecule has 6 rings (SSSR count). The summed E-state index contributed by atoms with van der Waals surface area (Å²) in [6.07, 6.45) is 0.720. The quantitative estimate of drug-likeness (QED) is 0.259. The third-order valence-corrected chi connectivity index (χ3v) is 9.81. The third-order valence-electron chi connectivity index (χ3n) is 8.90. The number of aliphatic hydroxyl groups is 3. The number of hydrogen-bond donors (Lipinski definition) is 5. The molecule has 0 spiro atoms. The van der Waals surface area contributed by atoms with Gasteiger partial charge in [0, 0.05) is 55.1 Å². The molecule has 0 saturated heterocycles. The Hall–Kier alpha value is -4.55. The first-order valence-electron chi connectivity index (χ1n) is 14.1. The highest BCUT2D eigenvalue weighted by atomic mass is 32.1. The summed E-state index contributed by atoms with van der Waals surface area (Å²) < 4.78 is 13.3. The molecule has 1 amide bonds. The monoisotopic (exact) mass is 619 g/mol. The average Bonchev–Trinajstić information content (AvgIpc) is 3.43. The number of carbonyl (C=O) groups is 3. The molecular formula is C32H30FN3O7S. The highest BCUT2D eigenvalue weighted by Crippen LogP contribution is 2.53. The zero-order valence-corrected chi connectivity index (χ0v) is 24.7. The molecule has 3 atom stereocenters. The van der Waals surface area contributed by atoms with Crippen molar-refractivity contribution in [3.63, 3.8) is 0 Å². The van der Waals surface area contributed by atoms with Crippen molar-refractivity contribution in [2.24, 2.45) is 17.6 Å².